The third-order valence-electron chi connectivity index (χ3n) is 8.49. The zero-order chi connectivity index (χ0) is 31.7. The molecule has 1 aromatic carbocycles. The van der Waals surface area contributed by atoms with Crippen LogP contribution in [-0.2, 0) is 16.1 Å². The zero-order valence-corrected chi connectivity index (χ0v) is 26.4. The average molecular weight is 632 g/mol. The fourth-order valence-corrected chi connectivity index (χ4v) is 6.99. The van der Waals surface area contributed by atoms with Gasteiger partial charge in [0.2, 0.25) is 5.91 Å². The Bertz CT molecular complexity index is 1820. The first-order valence-corrected chi connectivity index (χ1v) is 15.9. The molecule has 0 spiro atoms. The Labute approximate surface area is 265 Å². The number of hydrogen-bond acceptors (Lipinski definition) is 7. The lowest BCUT2D eigenvalue weighted by Crippen LogP contribution is -2.40. The zero-order valence-electron chi connectivity index (χ0n) is 25.6. The number of benzene rings is 1. The van der Waals surface area contributed by atoms with Gasteiger partial charge < -0.3 is 19.3 Å². The van der Waals surface area contributed by atoms with Gasteiger partial charge in [-0.2, -0.15) is 5.10 Å². The molecule has 1 atom stereocenters. The summed E-state index contributed by atoms with van der Waals surface area (Å²) in [5.41, 5.74) is 2.87. The number of amides is 1. The van der Waals surface area contributed by atoms with Gasteiger partial charge in [0.1, 0.15) is 41.1 Å². The fourth-order valence-electron chi connectivity index (χ4n) is 6.04. The second-order valence-corrected chi connectivity index (χ2v) is 12.3. The van der Waals surface area contributed by atoms with Crippen molar-refractivity contribution >= 4 is 27.3 Å². The van der Waals surface area contributed by atoms with E-state index in [1.165, 1.54) is 30.6 Å². The lowest BCUT2D eigenvalue weighted by molar-refractivity contribution is -0.129. The van der Waals surface area contributed by atoms with E-state index in [-0.39, 0.29) is 42.4 Å². The van der Waals surface area contributed by atoms with Gasteiger partial charge in [-0.15, -0.1) is 11.3 Å². The van der Waals surface area contributed by atoms with E-state index in [1.54, 1.807) is 4.90 Å². The van der Waals surface area contributed by atoms with E-state index in [0.717, 1.165) is 47.8 Å². The quantitative estimate of drug-likeness (QED) is 0.144. The number of hydrogen-bond donors (Lipinski definition) is 0. The van der Waals surface area contributed by atoms with Crippen LogP contribution in [0.4, 0.5) is 8.78 Å². The van der Waals surface area contributed by atoms with Gasteiger partial charge in [0.15, 0.2) is 0 Å². The molecule has 2 aliphatic rings. The summed E-state index contributed by atoms with van der Waals surface area (Å²) in [5, 5.41) is 7.61. The van der Waals surface area contributed by atoms with E-state index in [9.17, 15) is 9.18 Å². The highest BCUT2D eigenvalue weighted by Crippen LogP contribution is 2.45. The molecule has 1 fully saturated rings. The second kappa shape index (κ2) is 13.1. The van der Waals surface area contributed by atoms with Crippen LogP contribution in [0.5, 0.6) is 5.75 Å². The van der Waals surface area contributed by atoms with Gasteiger partial charge in [0.05, 0.1) is 30.5 Å². The highest BCUT2D eigenvalue weighted by molar-refractivity contribution is 7.17. The van der Waals surface area contributed by atoms with Crippen LogP contribution in [0, 0.1) is 29.4 Å². The molecule has 1 saturated heterocycles. The van der Waals surface area contributed by atoms with Gasteiger partial charge >= 0.3 is 0 Å². The Kier molecular flexibility index (Phi) is 8.99. The number of fused-ring (bicyclic) bond motifs is 2. The van der Waals surface area contributed by atoms with Crippen molar-refractivity contribution in [2.45, 2.75) is 32.4 Å². The number of carbonyl (C=O) groups excluding carboxylic acids is 1. The van der Waals surface area contributed by atoms with Crippen molar-refractivity contribution in [1.82, 2.24) is 24.6 Å². The van der Waals surface area contributed by atoms with E-state index >= 15 is 4.39 Å². The molecule has 6 rings (SSSR count). The summed E-state index contributed by atoms with van der Waals surface area (Å²) >= 11 is 1.43. The van der Waals surface area contributed by atoms with Crippen LogP contribution in [0.15, 0.2) is 42.3 Å². The molecular formula is C34H35F2N5O3S. The van der Waals surface area contributed by atoms with Crippen molar-refractivity contribution in [2.24, 2.45) is 5.92 Å². The largest absolute Gasteiger partial charge is 0.490 e. The topological polar surface area (TPSA) is 72.7 Å². The van der Waals surface area contributed by atoms with Crippen molar-refractivity contribution in [3.63, 3.8) is 0 Å². The molecular weight excluding hydrogens is 596 g/mol. The number of ether oxygens (including phenoxy) is 2. The minimum atomic E-state index is -0.773. The molecule has 5 heterocycles. The second-order valence-electron chi connectivity index (χ2n) is 11.4. The molecule has 0 N–H and O–H groups in total. The predicted molar refractivity (Wildman–Crippen MR) is 171 cm³/mol. The SMILES string of the molecule is C=CC(=O)N1CCn2nc(-c3nc(C#CC4CCN(C)CC4)c4ccsc4c3-c3c(F)cc(F)cc3OCCOC)cc2[C@H]1C. The Balaban J connectivity index is 1.56. The number of nitrogens with zero attached hydrogens (tertiary/aromatic N) is 5. The first kappa shape index (κ1) is 30.9. The minimum absolute atomic E-state index is 0.0487. The molecule has 1 amide bonds. The summed E-state index contributed by atoms with van der Waals surface area (Å²) < 4.78 is 44.1. The molecule has 11 heteroatoms. The number of thiophene rings is 1. The smallest absolute Gasteiger partial charge is 0.246 e. The molecule has 0 unspecified atom stereocenters. The van der Waals surface area contributed by atoms with Crippen molar-refractivity contribution in [2.75, 3.05) is 47.0 Å². The third-order valence-corrected chi connectivity index (χ3v) is 9.43. The van der Waals surface area contributed by atoms with Crippen molar-refractivity contribution in [3.05, 3.63) is 65.3 Å². The predicted octanol–water partition coefficient (Wildman–Crippen LogP) is 5.91. The number of methoxy groups -OCH3 is 1. The van der Waals surface area contributed by atoms with Crippen LogP contribution in [-0.4, -0.2) is 77.5 Å². The number of pyridine rings is 1. The van der Waals surface area contributed by atoms with E-state index in [2.05, 4.69) is 30.4 Å². The summed E-state index contributed by atoms with van der Waals surface area (Å²) in [6.07, 6.45) is 3.27. The van der Waals surface area contributed by atoms with Crippen LogP contribution in [0.3, 0.4) is 0 Å². The van der Waals surface area contributed by atoms with Gasteiger partial charge in [0, 0.05) is 47.4 Å². The first-order valence-electron chi connectivity index (χ1n) is 15.0. The summed E-state index contributed by atoms with van der Waals surface area (Å²) in [5.74, 6) is 5.42. The van der Waals surface area contributed by atoms with E-state index < -0.39 is 11.6 Å². The van der Waals surface area contributed by atoms with Crippen LogP contribution < -0.4 is 4.74 Å². The Hall–Kier alpha value is -4.11. The maximum Gasteiger partial charge on any atom is 0.246 e. The normalized spacial score (nSPS) is 17.2. The molecule has 0 aliphatic carbocycles. The van der Waals surface area contributed by atoms with Gasteiger partial charge in [-0.3, -0.25) is 9.48 Å². The van der Waals surface area contributed by atoms with Gasteiger partial charge in [-0.1, -0.05) is 12.5 Å². The van der Waals surface area contributed by atoms with Crippen LogP contribution in [0.2, 0.25) is 0 Å². The number of aromatic nitrogens is 3. The Morgan fingerprint density at radius 2 is 1.96 bits per heavy atom. The number of piperidine rings is 1. The highest BCUT2D eigenvalue weighted by Gasteiger charge is 2.31. The van der Waals surface area contributed by atoms with Crippen LogP contribution in [0.1, 0.15) is 37.2 Å². The Morgan fingerprint density at radius 1 is 1.16 bits per heavy atom. The average Bonchev–Trinajstić information content (AvgIpc) is 3.69. The monoisotopic (exact) mass is 631 g/mol. The van der Waals surface area contributed by atoms with Crippen molar-refractivity contribution in [3.8, 4) is 40.1 Å². The van der Waals surface area contributed by atoms with Gasteiger partial charge in [-0.25, -0.2) is 13.8 Å². The standard InChI is InChI=1S/C34H35F2N5O3S/c1-5-30(42)40-13-14-41-28(21(40)2)20-27(38-41)33-32(31-25(36)18-23(35)19-29(31)44-16-15-43-4)34-24(10-17-45-34)26(37-33)7-6-22-8-11-39(3)12-9-22/h5,10,17-22H,1,8-9,11-16H2,2-4H3/t21-/m1/s1. The van der Waals surface area contributed by atoms with E-state index in [0.29, 0.717) is 35.7 Å². The first-order chi connectivity index (χ1) is 21.8. The Morgan fingerprint density at radius 3 is 2.71 bits per heavy atom. The van der Waals surface area contributed by atoms with Crippen LogP contribution >= 0.6 is 11.3 Å². The van der Waals surface area contributed by atoms with Crippen LogP contribution in [0.25, 0.3) is 32.6 Å². The maximum atomic E-state index is 15.9. The fraction of sp³-hybridized carbons (Fsp3) is 0.382. The molecule has 45 heavy (non-hydrogen) atoms. The molecule has 234 valence electrons. The summed E-state index contributed by atoms with van der Waals surface area (Å²) in [4.78, 5) is 21.7. The molecule has 0 saturated carbocycles. The lowest BCUT2D eigenvalue weighted by atomic mass is 9.96. The van der Waals surface area contributed by atoms with Gasteiger partial charge in [0.25, 0.3) is 0 Å². The number of carbonyl (C=O) groups is 1. The van der Waals surface area contributed by atoms with Crippen molar-refractivity contribution < 1.29 is 23.0 Å². The third kappa shape index (κ3) is 6.10. The van der Waals surface area contributed by atoms with Gasteiger partial charge in [-0.05, 0) is 69.4 Å². The summed E-state index contributed by atoms with van der Waals surface area (Å²) in [6.45, 7) is 8.86. The molecule has 8 nitrogen and oxygen atoms in total. The molecule has 0 bridgehead atoms. The summed E-state index contributed by atoms with van der Waals surface area (Å²) in [6, 6.07) is 5.60. The molecule has 3 aromatic heterocycles. The molecule has 0 radical (unpaired) electrons. The number of halogens is 2. The molecule has 2 aliphatic heterocycles. The minimum Gasteiger partial charge on any atom is -0.490 e. The number of likely N-dealkylation sites (tertiary alicyclic amines) is 1. The van der Waals surface area contributed by atoms with E-state index in [1.807, 2.05) is 29.1 Å². The van der Waals surface area contributed by atoms with E-state index in [4.69, 9.17) is 19.6 Å². The highest BCUT2D eigenvalue weighted by atomic mass is 32.1. The maximum absolute atomic E-state index is 15.9. The summed E-state index contributed by atoms with van der Waals surface area (Å²) in [7, 11) is 3.65. The number of rotatable bonds is 7. The lowest BCUT2D eigenvalue weighted by Gasteiger charge is -2.33. The molecule has 4 aromatic rings. The van der Waals surface area contributed by atoms with Crippen molar-refractivity contribution in [1.29, 1.82) is 0 Å².